The molecule has 1 unspecified atom stereocenters. The average molecular weight is 462 g/mol. The Morgan fingerprint density at radius 3 is 2.65 bits per heavy atom. The van der Waals surface area contributed by atoms with E-state index in [1.165, 1.54) is 16.8 Å². The quantitative estimate of drug-likeness (QED) is 0.656. The van der Waals surface area contributed by atoms with Gasteiger partial charge in [0.1, 0.15) is 11.9 Å². The third-order valence-electron chi connectivity index (χ3n) is 5.34. The van der Waals surface area contributed by atoms with Crippen LogP contribution in [0.2, 0.25) is 0 Å². The van der Waals surface area contributed by atoms with Crippen LogP contribution in [0.1, 0.15) is 13.3 Å². The molecule has 2 amide bonds. The number of rotatable bonds is 6. The van der Waals surface area contributed by atoms with Gasteiger partial charge in [-0.3, -0.25) is 9.59 Å². The number of thioether (sulfide) groups is 1. The van der Waals surface area contributed by atoms with Crippen LogP contribution in [0.15, 0.2) is 52.3 Å². The van der Waals surface area contributed by atoms with E-state index in [0.29, 0.717) is 42.8 Å². The maximum Gasteiger partial charge on any atom is 0.233 e. The lowest BCUT2D eigenvalue weighted by atomic mass is 10.2. The normalized spacial score (nSPS) is 23.4. The topological polar surface area (TPSA) is 77.5 Å². The van der Waals surface area contributed by atoms with Gasteiger partial charge in [0.2, 0.25) is 12.3 Å². The SMILES string of the molecule is C=C1O[C@@H](CNC(=O)C2CC=C(Cl)S2)CN1c1ccc(N2CCN(C=O)N=C2C)cc1. The third kappa shape index (κ3) is 4.83. The summed E-state index contributed by atoms with van der Waals surface area (Å²) in [6.07, 6.45) is 3.09. The van der Waals surface area contributed by atoms with E-state index in [9.17, 15) is 9.59 Å². The fraction of sp³-hybridized carbons (Fsp3) is 0.381. The zero-order chi connectivity index (χ0) is 22.0. The molecule has 2 atom stereocenters. The number of nitrogens with one attached hydrogen (secondary N) is 1. The molecule has 0 saturated carbocycles. The minimum absolute atomic E-state index is 0.0272. The van der Waals surface area contributed by atoms with Gasteiger partial charge in [0.15, 0.2) is 5.88 Å². The molecule has 4 rings (SSSR count). The van der Waals surface area contributed by atoms with Gasteiger partial charge in [-0.15, -0.1) is 11.8 Å². The van der Waals surface area contributed by atoms with Crippen molar-refractivity contribution in [2.45, 2.75) is 24.7 Å². The van der Waals surface area contributed by atoms with Crippen LogP contribution < -0.4 is 15.1 Å². The van der Waals surface area contributed by atoms with Crippen molar-refractivity contribution in [1.29, 1.82) is 0 Å². The van der Waals surface area contributed by atoms with Gasteiger partial charge in [0.05, 0.1) is 29.2 Å². The van der Waals surface area contributed by atoms with Gasteiger partial charge < -0.3 is 19.9 Å². The van der Waals surface area contributed by atoms with Crippen molar-refractivity contribution in [3.63, 3.8) is 0 Å². The minimum atomic E-state index is -0.170. The fourth-order valence-electron chi connectivity index (χ4n) is 3.73. The van der Waals surface area contributed by atoms with Crippen molar-refractivity contribution in [1.82, 2.24) is 10.3 Å². The lowest BCUT2D eigenvalue weighted by Crippen LogP contribution is -2.42. The molecule has 164 valence electrons. The van der Waals surface area contributed by atoms with Crippen molar-refractivity contribution in [3.8, 4) is 0 Å². The van der Waals surface area contributed by atoms with Crippen molar-refractivity contribution in [3.05, 3.63) is 47.2 Å². The first-order valence-corrected chi connectivity index (χ1v) is 11.3. The molecule has 10 heteroatoms. The van der Waals surface area contributed by atoms with Crippen LogP contribution in [0.4, 0.5) is 11.4 Å². The summed E-state index contributed by atoms with van der Waals surface area (Å²) in [7, 11) is 0. The van der Waals surface area contributed by atoms with E-state index in [-0.39, 0.29) is 17.3 Å². The van der Waals surface area contributed by atoms with Crippen LogP contribution in [0.3, 0.4) is 0 Å². The summed E-state index contributed by atoms with van der Waals surface area (Å²) in [4.78, 5) is 27.3. The molecule has 0 aliphatic carbocycles. The zero-order valence-electron chi connectivity index (χ0n) is 17.2. The molecule has 8 nitrogen and oxygen atoms in total. The Labute approximate surface area is 190 Å². The number of benzene rings is 1. The molecule has 1 N–H and O–H groups in total. The second kappa shape index (κ2) is 9.23. The number of allylic oxidation sites excluding steroid dienone is 1. The van der Waals surface area contributed by atoms with Crippen molar-refractivity contribution >= 4 is 52.9 Å². The number of carbonyl (C=O) groups excluding carboxylic acids is 2. The standard InChI is InChI=1S/C21H24ClN5O3S/c1-14-24-25(13-28)9-10-26(14)16-3-5-17(6-4-16)27-12-18(30-15(27)2)11-23-21(29)19-7-8-20(22)31-19/h3-6,8,13,18-19H,2,7,9-12H2,1H3,(H,23,29)/t18-,19?/m0/s1. The first kappa shape index (κ1) is 21.6. The Balaban J connectivity index is 1.33. The summed E-state index contributed by atoms with van der Waals surface area (Å²) in [5.41, 5.74) is 1.97. The molecule has 0 bridgehead atoms. The van der Waals surface area contributed by atoms with Gasteiger partial charge in [-0.25, -0.2) is 5.01 Å². The molecule has 3 heterocycles. The van der Waals surface area contributed by atoms with Crippen molar-refractivity contribution < 1.29 is 14.3 Å². The Hall–Kier alpha value is -2.65. The van der Waals surface area contributed by atoms with Gasteiger partial charge in [0.25, 0.3) is 0 Å². The highest BCUT2D eigenvalue weighted by Crippen LogP contribution is 2.35. The van der Waals surface area contributed by atoms with E-state index in [1.807, 2.05) is 42.2 Å². The monoisotopic (exact) mass is 461 g/mol. The van der Waals surface area contributed by atoms with E-state index in [2.05, 4.69) is 21.9 Å². The lowest BCUT2D eigenvalue weighted by molar-refractivity contribution is -0.121. The number of hydrogen-bond donors (Lipinski definition) is 1. The smallest absolute Gasteiger partial charge is 0.233 e. The van der Waals surface area contributed by atoms with Gasteiger partial charge in [-0.05, 0) is 44.2 Å². The van der Waals surface area contributed by atoms with Gasteiger partial charge in [-0.1, -0.05) is 17.7 Å². The molecule has 0 aromatic heterocycles. The predicted molar refractivity (Wildman–Crippen MR) is 124 cm³/mol. The number of hydrogen-bond acceptors (Lipinski definition) is 7. The highest BCUT2D eigenvalue weighted by Gasteiger charge is 2.30. The van der Waals surface area contributed by atoms with Crippen molar-refractivity contribution in [2.75, 3.05) is 36.0 Å². The van der Waals surface area contributed by atoms with Gasteiger partial charge >= 0.3 is 0 Å². The molecule has 3 aliphatic rings. The third-order valence-corrected chi connectivity index (χ3v) is 6.85. The molecule has 3 aliphatic heterocycles. The van der Waals surface area contributed by atoms with Crippen LogP contribution in [0.5, 0.6) is 0 Å². The summed E-state index contributed by atoms with van der Waals surface area (Å²) in [6.45, 7) is 8.15. The first-order valence-electron chi connectivity index (χ1n) is 10.0. The zero-order valence-corrected chi connectivity index (χ0v) is 18.7. The first-order chi connectivity index (χ1) is 14.9. The Morgan fingerprint density at radius 1 is 1.32 bits per heavy atom. The highest BCUT2D eigenvalue weighted by atomic mass is 35.5. The highest BCUT2D eigenvalue weighted by molar-refractivity contribution is 8.06. The van der Waals surface area contributed by atoms with E-state index < -0.39 is 0 Å². The number of anilines is 2. The molecule has 1 fully saturated rings. The summed E-state index contributed by atoms with van der Waals surface area (Å²) in [5, 5.41) is 8.45. The van der Waals surface area contributed by atoms with Crippen LogP contribution in [0.25, 0.3) is 0 Å². The average Bonchev–Trinajstić information content (AvgIpc) is 3.37. The number of amidine groups is 1. The largest absolute Gasteiger partial charge is 0.472 e. The van der Waals surface area contributed by atoms with Crippen molar-refractivity contribution in [2.24, 2.45) is 5.10 Å². The van der Waals surface area contributed by atoms with E-state index in [0.717, 1.165) is 23.6 Å². The summed E-state index contributed by atoms with van der Waals surface area (Å²) in [6, 6.07) is 8.04. The lowest BCUT2D eigenvalue weighted by Gasteiger charge is -2.31. The fourth-order valence-corrected chi connectivity index (χ4v) is 4.99. The molecule has 0 spiro atoms. The summed E-state index contributed by atoms with van der Waals surface area (Å²) >= 11 is 7.32. The maximum absolute atomic E-state index is 12.3. The Morgan fingerprint density at radius 2 is 2.03 bits per heavy atom. The predicted octanol–water partition coefficient (Wildman–Crippen LogP) is 2.68. The van der Waals surface area contributed by atoms with Crippen LogP contribution in [-0.4, -0.2) is 60.7 Å². The van der Waals surface area contributed by atoms with Gasteiger partial charge in [0, 0.05) is 17.9 Å². The number of amides is 2. The van der Waals surface area contributed by atoms with Gasteiger partial charge in [-0.2, -0.15) is 5.10 Å². The maximum atomic E-state index is 12.3. The number of hydrazone groups is 1. The number of carbonyl (C=O) groups is 2. The molecule has 31 heavy (non-hydrogen) atoms. The van der Waals surface area contributed by atoms with E-state index >= 15 is 0 Å². The molecule has 1 saturated heterocycles. The van der Waals surface area contributed by atoms with E-state index in [4.69, 9.17) is 16.3 Å². The Bertz CT molecular complexity index is 935. The molecule has 1 aromatic carbocycles. The second-order valence-corrected chi connectivity index (χ2v) is 9.30. The number of ether oxygens (including phenoxy) is 1. The van der Waals surface area contributed by atoms with Crippen LogP contribution in [0, 0.1) is 0 Å². The molecular formula is C21H24ClN5O3S. The number of halogens is 1. The molecule has 0 radical (unpaired) electrons. The Kier molecular flexibility index (Phi) is 6.43. The van der Waals surface area contributed by atoms with E-state index in [1.54, 1.807) is 0 Å². The number of nitrogens with zero attached hydrogens (tertiary/aromatic N) is 4. The molecular weight excluding hydrogens is 438 g/mol. The van der Waals surface area contributed by atoms with Crippen LogP contribution >= 0.6 is 23.4 Å². The van der Waals surface area contributed by atoms with Crippen LogP contribution in [-0.2, 0) is 14.3 Å². The second-order valence-electron chi connectivity index (χ2n) is 7.42. The summed E-state index contributed by atoms with van der Waals surface area (Å²) in [5.74, 6) is 1.30. The molecule has 1 aromatic rings. The minimum Gasteiger partial charge on any atom is -0.472 e. The summed E-state index contributed by atoms with van der Waals surface area (Å²) < 4.78 is 6.53.